The molecule has 0 aliphatic heterocycles. The van der Waals surface area contributed by atoms with Crippen molar-refractivity contribution in [3.63, 3.8) is 0 Å². The monoisotopic (exact) mass is 396 g/mol. The molecule has 4 nitrogen and oxygen atoms in total. The van der Waals surface area contributed by atoms with Gasteiger partial charge in [0.2, 0.25) is 10.0 Å². The average Bonchev–Trinajstić information content (AvgIpc) is 2.95. The molecular weight excluding hydrogens is 388 g/mol. The summed E-state index contributed by atoms with van der Waals surface area (Å²) < 4.78 is 27.8. The zero-order valence-corrected chi connectivity index (χ0v) is 14.3. The largest absolute Gasteiger partial charge is 0.389 e. The highest BCUT2D eigenvalue weighted by Crippen LogP contribution is 2.24. The first-order valence-electron chi connectivity index (χ1n) is 5.02. The van der Waals surface area contributed by atoms with Gasteiger partial charge in [-0.05, 0) is 40.2 Å². The van der Waals surface area contributed by atoms with Crippen molar-refractivity contribution < 1.29 is 8.42 Å². The lowest BCUT2D eigenvalue weighted by molar-refractivity contribution is 0.584. The fraction of sp³-hybridized carbons (Fsp3) is 0.100. The molecule has 19 heavy (non-hydrogen) atoms. The van der Waals surface area contributed by atoms with Crippen molar-refractivity contribution in [2.75, 3.05) is 0 Å². The molecule has 0 saturated heterocycles. The maximum Gasteiger partial charge on any atom is 0.250 e. The van der Waals surface area contributed by atoms with E-state index in [1.54, 1.807) is 6.07 Å². The van der Waals surface area contributed by atoms with E-state index in [0.29, 0.717) is 4.88 Å². The zero-order valence-electron chi connectivity index (χ0n) is 9.42. The number of hydrogen-bond acceptors (Lipinski definition) is 5. The number of halogens is 1. The summed E-state index contributed by atoms with van der Waals surface area (Å²) in [6, 6.07) is 6.87. The fourth-order valence-corrected chi connectivity index (χ4v) is 5.20. The van der Waals surface area contributed by atoms with E-state index in [1.165, 1.54) is 17.4 Å². The SMILES string of the molecule is NC(=S)c1ccc(S(=O)(=O)NCc2ccc(Br)s2)s1. The summed E-state index contributed by atoms with van der Waals surface area (Å²) in [6.45, 7) is 0.263. The summed E-state index contributed by atoms with van der Waals surface area (Å²) in [7, 11) is -3.52. The molecule has 0 saturated carbocycles. The van der Waals surface area contributed by atoms with Crippen molar-refractivity contribution in [3.8, 4) is 0 Å². The van der Waals surface area contributed by atoms with Crippen molar-refractivity contribution in [1.29, 1.82) is 0 Å². The maximum atomic E-state index is 12.1. The lowest BCUT2D eigenvalue weighted by Crippen LogP contribution is -2.21. The molecule has 102 valence electrons. The van der Waals surface area contributed by atoms with Crippen LogP contribution in [0.4, 0.5) is 0 Å². The quantitative estimate of drug-likeness (QED) is 0.761. The molecule has 2 rings (SSSR count). The Labute approximate surface area is 132 Å². The predicted octanol–water partition coefficient (Wildman–Crippen LogP) is 2.68. The van der Waals surface area contributed by atoms with Gasteiger partial charge in [-0.3, -0.25) is 0 Å². The Morgan fingerprint density at radius 3 is 2.58 bits per heavy atom. The number of nitrogens with one attached hydrogen (secondary N) is 1. The minimum atomic E-state index is -3.52. The van der Waals surface area contributed by atoms with Gasteiger partial charge in [-0.2, -0.15) is 0 Å². The van der Waals surface area contributed by atoms with E-state index in [-0.39, 0.29) is 15.7 Å². The van der Waals surface area contributed by atoms with Gasteiger partial charge in [-0.25, -0.2) is 13.1 Å². The second kappa shape index (κ2) is 5.98. The molecule has 2 aromatic rings. The van der Waals surface area contributed by atoms with Crippen LogP contribution >= 0.6 is 50.8 Å². The molecule has 3 N–H and O–H groups in total. The van der Waals surface area contributed by atoms with Crippen LogP contribution in [0.1, 0.15) is 9.75 Å². The highest BCUT2D eigenvalue weighted by atomic mass is 79.9. The Hall–Kier alpha value is -0.320. The number of hydrogen-bond donors (Lipinski definition) is 2. The van der Waals surface area contributed by atoms with Crippen LogP contribution in [0.15, 0.2) is 32.3 Å². The molecule has 0 radical (unpaired) electrons. The van der Waals surface area contributed by atoms with Gasteiger partial charge >= 0.3 is 0 Å². The smallest absolute Gasteiger partial charge is 0.250 e. The Morgan fingerprint density at radius 2 is 2.05 bits per heavy atom. The van der Waals surface area contributed by atoms with Crippen LogP contribution < -0.4 is 10.5 Å². The van der Waals surface area contributed by atoms with Gasteiger partial charge in [0.1, 0.15) is 9.20 Å². The molecule has 0 spiro atoms. The highest BCUT2D eigenvalue weighted by Gasteiger charge is 2.17. The molecule has 0 bridgehead atoms. The Morgan fingerprint density at radius 1 is 1.32 bits per heavy atom. The predicted molar refractivity (Wildman–Crippen MR) is 86.3 cm³/mol. The first-order chi connectivity index (χ1) is 8.88. The molecule has 0 atom stereocenters. The van der Waals surface area contributed by atoms with E-state index >= 15 is 0 Å². The number of thiocarbonyl (C=S) groups is 1. The Bertz CT molecular complexity index is 705. The van der Waals surface area contributed by atoms with Crippen molar-refractivity contribution in [1.82, 2.24) is 4.72 Å². The third kappa shape index (κ3) is 3.83. The molecule has 0 fully saturated rings. The standard InChI is InChI=1S/C10H9BrN2O2S4/c11-8-3-1-6(17-8)5-13-19(14,15)9-4-2-7(18-9)10(12)16/h1-4,13H,5H2,(H2,12,16). The summed E-state index contributed by atoms with van der Waals surface area (Å²) >= 11 is 10.7. The minimum Gasteiger partial charge on any atom is -0.389 e. The first-order valence-corrected chi connectivity index (χ1v) is 9.34. The first kappa shape index (κ1) is 15.1. The number of thiophene rings is 2. The van der Waals surface area contributed by atoms with Gasteiger partial charge in [0.15, 0.2) is 0 Å². The van der Waals surface area contributed by atoms with Crippen molar-refractivity contribution in [2.45, 2.75) is 10.8 Å². The summed E-state index contributed by atoms with van der Waals surface area (Å²) in [5, 5.41) is 0. The van der Waals surface area contributed by atoms with Gasteiger partial charge < -0.3 is 5.73 Å². The molecule has 2 aromatic heterocycles. The molecular formula is C10H9BrN2O2S4. The molecule has 0 aromatic carbocycles. The van der Waals surface area contributed by atoms with E-state index in [1.807, 2.05) is 12.1 Å². The van der Waals surface area contributed by atoms with Crippen molar-refractivity contribution >= 4 is 65.8 Å². The summed E-state index contributed by atoms with van der Waals surface area (Å²) in [5.74, 6) is 0. The van der Waals surface area contributed by atoms with Gasteiger partial charge in [-0.1, -0.05) is 12.2 Å². The van der Waals surface area contributed by atoms with Gasteiger partial charge in [0.05, 0.1) is 8.66 Å². The van der Waals surface area contributed by atoms with Crippen LogP contribution in [0.25, 0.3) is 0 Å². The molecule has 2 heterocycles. The van der Waals surface area contributed by atoms with Crippen molar-refractivity contribution in [3.05, 3.63) is 37.8 Å². The minimum absolute atomic E-state index is 0.202. The molecule has 0 aliphatic carbocycles. The molecule has 0 unspecified atom stereocenters. The van der Waals surface area contributed by atoms with Crippen molar-refractivity contribution in [2.24, 2.45) is 5.73 Å². The van der Waals surface area contributed by atoms with Gasteiger partial charge in [0, 0.05) is 11.4 Å². The lowest BCUT2D eigenvalue weighted by Gasteiger charge is -2.02. The summed E-state index contributed by atoms with van der Waals surface area (Å²) in [5.41, 5.74) is 5.46. The summed E-state index contributed by atoms with van der Waals surface area (Å²) in [4.78, 5) is 1.73. The maximum absolute atomic E-state index is 12.1. The zero-order chi connectivity index (χ0) is 14.0. The van der Waals surface area contributed by atoms with Crippen LogP contribution in [0, 0.1) is 0 Å². The van der Waals surface area contributed by atoms with Crippen LogP contribution in [0.5, 0.6) is 0 Å². The molecule has 0 aliphatic rings. The third-order valence-corrected chi connectivity index (χ3v) is 7.14. The highest BCUT2D eigenvalue weighted by molar-refractivity contribution is 9.11. The fourth-order valence-electron chi connectivity index (χ4n) is 1.28. The Balaban J connectivity index is 2.11. The van der Waals surface area contributed by atoms with E-state index in [0.717, 1.165) is 20.0 Å². The van der Waals surface area contributed by atoms with E-state index in [4.69, 9.17) is 18.0 Å². The number of sulfonamides is 1. The van der Waals surface area contributed by atoms with E-state index < -0.39 is 10.0 Å². The lowest BCUT2D eigenvalue weighted by atomic mass is 10.5. The van der Waals surface area contributed by atoms with Crippen LogP contribution in [-0.4, -0.2) is 13.4 Å². The Kier molecular flexibility index (Phi) is 4.75. The van der Waals surface area contributed by atoms with E-state index in [9.17, 15) is 8.42 Å². The second-order valence-corrected chi connectivity index (χ2v) is 9.58. The third-order valence-electron chi connectivity index (χ3n) is 2.15. The second-order valence-electron chi connectivity index (χ2n) is 3.51. The average molecular weight is 397 g/mol. The van der Waals surface area contributed by atoms with Crippen LogP contribution in [0.3, 0.4) is 0 Å². The van der Waals surface area contributed by atoms with Crippen LogP contribution in [0.2, 0.25) is 0 Å². The van der Waals surface area contributed by atoms with Gasteiger partial charge in [0.25, 0.3) is 0 Å². The number of nitrogens with two attached hydrogens (primary N) is 1. The van der Waals surface area contributed by atoms with E-state index in [2.05, 4.69) is 20.7 Å². The molecule has 9 heteroatoms. The molecule has 0 amide bonds. The van der Waals surface area contributed by atoms with Gasteiger partial charge in [-0.15, -0.1) is 22.7 Å². The van der Waals surface area contributed by atoms with Crippen LogP contribution in [-0.2, 0) is 16.6 Å². The normalized spacial score (nSPS) is 11.6. The summed E-state index contributed by atoms with van der Waals surface area (Å²) in [6.07, 6.45) is 0. The number of rotatable bonds is 5. The topological polar surface area (TPSA) is 72.2 Å².